The fraction of sp³-hybridized carbons (Fsp3) is 0.938. The van der Waals surface area contributed by atoms with Crippen molar-refractivity contribution in [1.29, 1.82) is 0 Å². The van der Waals surface area contributed by atoms with Crippen LogP contribution in [0.3, 0.4) is 0 Å². The van der Waals surface area contributed by atoms with Gasteiger partial charge in [0, 0.05) is 5.97 Å². The van der Waals surface area contributed by atoms with E-state index in [-0.39, 0.29) is 29.5 Å². The number of carboxylic acid groups (broad SMARTS) is 1. The van der Waals surface area contributed by atoms with Gasteiger partial charge in [0.15, 0.2) is 0 Å². The van der Waals surface area contributed by atoms with Crippen LogP contribution in [0.1, 0.15) is 96.8 Å². The van der Waals surface area contributed by atoms with Gasteiger partial charge < -0.3 is 24.6 Å². The van der Waals surface area contributed by atoms with E-state index in [1.807, 2.05) is 0 Å². The first-order chi connectivity index (χ1) is 10.8. The van der Waals surface area contributed by atoms with Gasteiger partial charge in [0.05, 0.1) is 0 Å². The molecule has 0 amide bonds. The van der Waals surface area contributed by atoms with Crippen molar-refractivity contribution < 1.29 is 29.1 Å². The molecule has 0 unspecified atom stereocenters. The van der Waals surface area contributed by atoms with Crippen molar-refractivity contribution in [1.82, 2.24) is 0 Å². The molecular weight excluding hydrogens is 343 g/mol. The van der Waals surface area contributed by atoms with Crippen molar-refractivity contribution in [2.45, 2.75) is 96.8 Å². The summed E-state index contributed by atoms with van der Waals surface area (Å²) in [5, 5.41) is 10.2. The van der Waals surface area contributed by atoms with Gasteiger partial charge in [-0.15, -0.1) is 0 Å². The normalized spacial score (nSPS) is 10.5. The fourth-order valence-corrected chi connectivity index (χ4v) is 2.29. The van der Waals surface area contributed by atoms with Gasteiger partial charge in [0.25, 0.3) is 7.82 Å². The number of carbonyl (C=O) groups is 1. The van der Waals surface area contributed by atoms with Crippen LogP contribution in [-0.2, 0) is 9.36 Å². The first-order valence-electron chi connectivity index (χ1n) is 8.73. The minimum absolute atomic E-state index is 0. The van der Waals surface area contributed by atoms with E-state index in [2.05, 4.69) is 6.92 Å². The maximum atomic E-state index is 10.2. The number of hydrogen-bond acceptors (Lipinski definition) is 4. The second kappa shape index (κ2) is 21.4. The van der Waals surface area contributed by atoms with E-state index in [4.69, 9.17) is 19.2 Å². The molecule has 0 aliphatic heterocycles. The fourth-order valence-electron chi connectivity index (χ4n) is 2.29. The summed E-state index contributed by atoms with van der Waals surface area (Å²) < 4.78 is 8.77. The molecule has 0 aliphatic carbocycles. The average molecular weight is 377 g/mol. The van der Waals surface area contributed by atoms with Crippen molar-refractivity contribution in [2.75, 3.05) is 0 Å². The van der Waals surface area contributed by atoms with Crippen LogP contribution in [0.5, 0.6) is 0 Å². The Morgan fingerprint density at radius 1 is 0.792 bits per heavy atom. The van der Waals surface area contributed by atoms with Crippen molar-refractivity contribution in [3.05, 3.63) is 0 Å². The van der Waals surface area contributed by atoms with Gasteiger partial charge >= 0.3 is 23.1 Å². The third-order valence-corrected chi connectivity index (χ3v) is 3.48. The third kappa shape index (κ3) is 43.2. The molecule has 0 aromatic heterocycles. The SMILES string of the molecule is CCCCCCCCCCCCCCCC(=O)[O-].O=P([O-])(O)O.[Mg+2]. The number of hydrogen-bond donors (Lipinski definition) is 2. The molecule has 0 heterocycles. The molecule has 2 N–H and O–H groups in total. The van der Waals surface area contributed by atoms with Gasteiger partial charge in [-0.25, -0.2) is 0 Å². The van der Waals surface area contributed by atoms with Crippen LogP contribution >= 0.6 is 7.82 Å². The summed E-state index contributed by atoms with van der Waals surface area (Å²) in [5.41, 5.74) is 0. The molecule has 0 aliphatic rings. The number of carbonyl (C=O) groups excluding carboxylic acids is 1. The zero-order chi connectivity index (χ0) is 18.0. The van der Waals surface area contributed by atoms with Crippen LogP contribution in [0.15, 0.2) is 0 Å². The second-order valence-corrected chi connectivity index (χ2v) is 6.84. The smallest absolute Gasteiger partial charge is 0.756 e. The molecule has 0 saturated heterocycles. The summed E-state index contributed by atoms with van der Waals surface area (Å²) in [6.45, 7) is 2.26. The molecule has 0 fully saturated rings. The molecule has 0 aromatic rings. The van der Waals surface area contributed by atoms with Gasteiger partial charge in [-0.2, -0.15) is 0 Å². The molecule has 140 valence electrons. The number of unbranched alkanes of at least 4 members (excludes halogenated alkanes) is 12. The molecule has 8 heteroatoms. The zero-order valence-corrected chi connectivity index (χ0v) is 17.4. The number of aliphatic carboxylic acids is 1. The maximum Gasteiger partial charge on any atom is 2.00 e. The van der Waals surface area contributed by atoms with Crippen LogP contribution in [-0.4, -0.2) is 38.8 Å². The largest absolute Gasteiger partial charge is 2.00 e. The Kier molecular flexibility index (Phi) is 26.0. The molecule has 0 spiro atoms. The van der Waals surface area contributed by atoms with E-state index in [0.29, 0.717) is 0 Å². The minimum Gasteiger partial charge on any atom is -0.756 e. The first kappa shape index (κ1) is 29.1. The van der Waals surface area contributed by atoms with Crippen LogP contribution in [0.25, 0.3) is 0 Å². The van der Waals surface area contributed by atoms with Crippen LogP contribution in [0, 0.1) is 0 Å². The third-order valence-electron chi connectivity index (χ3n) is 3.48. The van der Waals surface area contributed by atoms with Gasteiger partial charge in [0.2, 0.25) is 0 Å². The monoisotopic (exact) mass is 376 g/mol. The molecule has 0 aromatic carbocycles. The Morgan fingerprint density at radius 2 is 1.04 bits per heavy atom. The topological polar surface area (TPSA) is 121 Å². The first-order valence-corrected chi connectivity index (χ1v) is 10.3. The molecule has 0 saturated carbocycles. The van der Waals surface area contributed by atoms with E-state index in [0.717, 1.165) is 12.8 Å². The van der Waals surface area contributed by atoms with Crippen LogP contribution < -0.4 is 10.00 Å². The predicted molar refractivity (Wildman–Crippen MR) is 93.1 cm³/mol. The quantitative estimate of drug-likeness (QED) is 0.272. The Morgan fingerprint density at radius 3 is 1.29 bits per heavy atom. The summed E-state index contributed by atoms with van der Waals surface area (Å²) in [6, 6.07) is 0. The Hall–Kier alpha value is 0.346. The van der Waals surface area contributed by atoms with E-state index >= 15 is 0 Å². The second-order valence-electron chi connectivity index (χ2n) is 5.86. The predicted octanol–water partition coefficient (Wildman–Crippen LogP) is 2.28. The summed E-state index contributed by atoms with van der Waals surface area (Å²) in [6.07, 6.45) is 16.9. The summed E-state index contributed by atoms with van der Waals surface area (Å²) in [5.74, 6) is -0.905. The molecule has 0 rings (SSSR count). The summed E-state index contributed by atoms with van der Waals surface area (Å²) in [7, 11) is -4.89. The number of carboxylic acids is 1. The van der Waals surface area contributed by atoms with Crippen molar-refractivity contribution in [3.63, 3.8) is 0 Å². The number of phosphoric acid groups is 1. The van der Waals surface area contributed by atoms with Crippen LogP contribution in [0.4, 0.5) is 0 Å². The molecule has 0 radical (unpaired) electrons. The molecule has 6 nitrogen and oxygen atoms in total. The Bertz CT molecular complexity index is 301. The summed E-state index contributed by atoms with van der Waals surface area (Å²) in [4.78, 5) is 33.1. The van der Waals surface area contributed by atoms with Crippen LogP contribution in [0.2, 0.25) is 0 Å². The average Bonchev–Trinajstić information content (AvgIpc) is 2.42. The molecule has 0 atom stereocenters. The van der Waals surface area contributed by atoms with E-state index in [1.165, 1.54) is 70.6 Å². The Balaban J connectivity index is -0.000000639. The minimum atomic E-state index is -4.89. The molecule has 0 bridgehead atoms. The van der Waals surface area contributed by atoms with Gasteiger partial charge in [-0.05, 0) is 12.8 Å². The Labute approximate surface area is 162 Å². The standard InChI is InChI=1S/C16H32O2.Mg.H3O4P/c1-2-3-4-5-6-7-8-9-10-11-12-13-14-15-16(17)18;;1-5(2,3)4/h2-15H2,1H3,(H,17,18);;(H3,1,2,3,4)/q;+2;/p-2. The van der Waals surface area contributed by atoms with E-state index in [1.54, 1.807) is 0 Å². The van der Waals surface area contributed by atoms with Crippen molar-refractivity contribution in [2.24, 2.45) is 0 Å². The van der Waals surface area contributed by atoms with Gasteiger partial charge in [0.1, 0.15) is 0 Å². The molecule has 24 heavy (non-hydrogen) atoms. The van der Waals surface area contributed by atoms with Crippen molar-refractivity contribution >= 4 is 36.8 Å². The van der Waals surface area contributed by atoms with E-state index < -0.39 is 13.8 Å². The van der Waals surface area contributed by atoms with Gasteiger partial charge in [-0.3, -0.25) is 4.57 Å². The van der Waals surface area contributed by atoms with Gasteiger partial charge in [-0.1, -0.05) is 84.0 Å². The number of rotatable bonds is 14. The van der Waals surface area contributed by atoms with Crippen molar-refractivity contribution in [3.8, 4) is 0 Å². The zero-order valence-electron chi connectivity index (χ0n) is 15.1. The van der Waals surface area contributed by atoms with E-state index in [9.17, 15) is 9.90 Å². The molecular formula is C16H33MgO6P. The maximum absolute atomic E-state index is 10.2. The summed E-state index contributed by atoms with van der Waals surface area (Å²) >= 11 is 0.